The van der Waals surface area contributed by atoms with Crippen molar-refractivity contribution >= 4 is 16.8 Å². The number of rotatable bonds is 4. The average molecular weight is 374 g/mol. The summed E-state index contributed by atoms with van der Waals surface area (Å²) in [6.45, 7) is 5.58. The van der Waals surface area contributed by atoms with Gasteiger partial charge in [-0.2, -0.15) is 0 Å². The largest absolute Gasteiger partial charge is 0.490 e. The van der Waals surface area contributed by atoms with Gasteiger partial charge in [-0.1, -0.05) is 31.2 Å². The zero-order valence-corrected chi connectivity index (χ0v) is 16.5. The van der Waals surface area contributed by atoms with Gasteiger partial charge in [-0.25, -0.2) is 0 Å². The van der Waals surface area contributed by atoms with Gasteiger partial charge in [0.2, 0.25) is 5.91 Å². The van der Waals surface area contributed by atoms with E-state index in [1.807, 2.05) is 30.2 Å². The maximum absolute atomic E-state index is 11.8. The fourth-order valence-electron chi connectivity index (χ4n) is 3.75. The third-order valence-electron chi connectivity index (χ3n) is 5.43. The average Bonchev–Trinajstić information content (AvgIpc) is 2.74. The SMILES string of the molecule is CCC(=O)N1CCC(Oc2ccc(-c3cnc4cc(C)ccc4c3)cc2)CC1. The van der Waals surface area contributed by atoms with E-state index in [-0.39, 0.29) is 12.0 Å². The van der Waals surface area contributed by atoms with Crippen molar-refractivity contribution in [1.29, 1.82) is 0 Å². The molecular weight excluding hydrogens is 348 g/mol. The summed E-state index contributed by atoms with van der Waals surface area (Å²) in [6, 6.07) is 16.7. The molecular formula is C24H26N2O2. The first-order valence-corrected chi connectivity index (χ1v) is 10.0. The lowest BCUT2D eigenvalue weighted by Gasteiger charge is -2.32. The second-order valence-corrected chi connectivity index (χ2v) is 7.50. The zero-order chi connectivity index (χ0) is 19.5. The third kappa shape index (κ3) is 4.01. The van der Waals surface area contributed by atoms with Gasteiger partial charge < -0.3 is 9.64 Å². The minimum atomic E-state index is 0.178. The Balaban J connectivity index is 1.42. The second-order valence-electron chi connectivity index (χ2n) is 7.50. The van der Waals surface area contributed by atoms with Crippen molar-refractivity contribution in [2.24, 2.45) is 0 Å². The summed E-state index contributed by atoms with van der Waals surface area (Å²) in [6.07, 6.45) is 4.47. The lowest BCUT2D eigenvalue weighted by Crippen LogP contribution is -2.41. The smallest absolute Gasteiger partial charge is 0.222 e. The maximum atomic E-state index is 11.8. The molecule has 4 nitrogen and oxygen atoms in total. The molecule has 0 saturated carbocycles. The number of hydrogen-bond acceptors (Lipinski definition) is 3. The van der Waals surface area contributed by atoms with Gasteiger partial charge in [0.1, 0.15) is 11.9 Å². The van der Waals surface area contributed by atoms with Crippen LogP contribution in [0.5, 0.6) is 5.75 Å². The number of carbonyl (C=O) groups is 1. The van der Waals surface area contributed by atoms with Crippen LogP contribution < -0.4 is 4.74 Å². The molecule has 0 aliphatic carbocycles. The van der Waals surface area contributed by atoms with Crippen molar-refractivity contribution < 1.29 is 9.53 Å². The Morgan fingerprint density at radius 3 is 2.54 bits per heavy atom. The molecule has 4 heteroatoms. The Morgan fingerprint density at radius 1 is 1.07 bits per heavy atom. The fraction of sp³-hybridized carbons (Fsp3) is 0.333. The highest BCUT2D eigenvalue weighted by molar-refractivity contribution is 5.84. The minimum Gasteiger partial charge on any atom is -0.490 e. The van der Waals surface area contributed by atoms with Crippen LogP contribution in [0.25, 0.3) is 22.0 Å². The van der Waals surface area contributed by atoms with Gasteiger partial charge in [-0.05, 0) is 42.3 Å². The lowest BCUT2D eigenvalue weighted by atomic mass is 10.0. The van der Waals surface area contributed by atoms with Gasteiger partial charge in [-0.3, -0.25) is 9.78 Å². The number of fused-ring (bicyclic) bond motifs is 1. The number of pyridine rings is 1. The Labute approximate surface area is 166 Å². The van der Waals surface area contributed by atoms with Crippen LogP contribution in [-0.4, -0.2) is 35.0 Å². The van der Waals surface area contributed by atoms with Crippen molar-refractivity contribution in [2.75, 3.05) is 13.1 Å². The molecule has 1 aromatic heterocycles. The van der Waals surface area contributed by atoms with E-state index in [0.717, 1.165) is 53.7 Å². The van der Waals surface area contributed by atoms with E-state index < -0.39 is 0 Å². The standard InChI is InChI=1S/C24H26N2O2/c1-3-24(27)26-12-10-22(11-13-26)28-21-8-6-18(7-9-21)20-15-19-5-4-17(2)14-23(19)25-16-20/h4-9,14-16,22H,3,10-13H2,1-2H3. The molecule has 3 aromatic rings. The van der Waals surface area contributed by atoms with E-state index in [2.05, 4.69) is 48.3 Å². The summed E-state index contributed by atoms with van der Waals surface area (Å²) in [5.41, 5.74) is 4.48. The van der Waals surface area contributed by atoms with E-state index in [1.165, 1.54) is 5.56 Å². The number of ether oxygens (including phenoxy) is 1. The Morgan fingerprint density at radius 2 is 1.82 bits per heavy atom. The first-order chi connectivity index (χ1) is 13.6. The summed E-state index contributed by atoms with van der Waals surface area (Å²) in [4.78, 5) is 18.3. The number of amides is 1. The third-order valence-corrected chi connectivity index (χ3v) is 5.43. The summed E-state index contributed by atoms with van der Waals surface area (Å²) in [5, 5.41) is 1.15. The first kappa shape index (κ1) is 18.5. The van der Waals surface area contributed by atoms with Crippen LogP contribution in [0.4, 0.5) is 0 Å². The van der Waals surface area contributed by atoms with E-state index in [9.17, 15) is 4.79 Å². The van der Waals surface area contributed by atoms with Crippen molar-refractivity contribution in [3.63, 3.8) is 0 Å². The maximum Gasteiger partial charge on any atom is 0.222 e. The number of likely N-dealkylation sites (tertiary alicyclic amines) is 1. The van der Waals surface area contributed by atoms with Gasteiger partial charge in [0.05, 0.1) is 5.52 Å². The van der Waals surface area contributed by atoms with E-state index in [4.69, 9.17) is 4.74 Å². The summed E-state index contributed by atoms with van der Waals surface area (Å²) >= 11 is 0. The van der Waals surface area contributed by atoms with E-state index in [0.29, 0.717) is 6.42 Å². The molecule has 144 valence electrons. The number of benzene rings is 2. The predicted molar refractivity (Wildman–Crippen MR) is 112 cm³/mol. The number of nitrogens with zero attached hydrogens (tertiary/aromatic N) is 2. The Hall–Kier alpha value is -2.88. The van der Waals surface area contributed by atoms with Crippen LogP contribution >= 0.6 is 0 Å². The van der Waals surface area contributed by atoms with Crippen LogP contribution in [0.1, 0.15) is 31.7 Å². The van der Waals surface area contributed by atoms with Crippen molar-refractivity contribution in [2.45, 2.75) is 39.2 Å². The first-order valence-electron chi connectivity index (χ1n) is 10.0. The van der Waals surface area contributed by atoms with Gasteiger partial charge in [0, 0.05) is 49.5 Å². The summed E-state index contributed by atoms with van der Waals surface area (Å²) < 4.78 is 6.14. The highest BCUT2D eigenvalue weighted by Crippen LogP contribution is 2.26. The minimum absolute atomic E-state index is 0.178. The topological polar surface area (TPSA) is 42.4 Å². The van der Waals surface area contributed by atoms with Crippen LogP contribution in [0.3, 0.4) is 0 Å². The quantitative estimate of drug-likeness (QED) is 0.646. The summed E-state index contributed by atoms with van der Waals surface area (Å²) in [7, 11) is 0. The van der Waals surface area contributed by atoms with E-state index in [1.54, 1.807) is 0 Å². The molecule has 2 heterocycles. The predicted octanol–water partition coefficient (Wildman–Crippen LogP) is 4.99. The molecule has 1 amide bonds. The second kappa shape index (κ2) is 8.01. The van der Waals surface area contributed by atoms with Gasteiger partial charge in [-0.15, -0.1) is 0 Å². The number of aryl methyl sites for hydroxylation is 1. The molecule has 28 heavy (non-hydrogen) atoms. The molecule has 0 bridgehead atoms. The summed E-state index contributed by atoms with van der Waals surface area (Å²) in [5.74, 6) is 1.12. The van der Waals surface area contributed by atoms with Crippen LogP contribution in [-0.2, 0) is 4.79 Å². The monoisotopic (exact) mass is 374 g/mol. The highest BCUT2D eigenvalue weighted by Gasteiger charge is 2.22. The zero-order valence-electron chi connectivity index (χ0n) is 16.5. The van der Waals surface area contributed by atoms with Crippen molar-refractivity contribution in [3.05, 3.63) is 60.3 Å². The van der Waals surface area contributed by atoms with Gasteiger partial charge in [0.25, 0.3) is 0 Å². The van der Waals surface area contributed by atoms with Crippen molar-refractivity contribution in [3.8, 4) is 16.9 Å². The molecule has 1 aliphatic heterocycles. The number of hydrogen-bond donors (Lipinski definition) is 0. The van der Waals surface area contributed by atoms with Crippen LogP contribution in [0.15, 0.2) is 54.7 Å². The van der Waals surface area contributed by atoms with Crippen LogP contribution in [0.2, 0.25) is 0 Å². The number of carbonyl (C=O) groups excluding carboxylic acids is 1. The fourth-order valence-corrected chi connectivity index (χ4v) is 3.75. The van der Waals surface area contributed by atoms with Crippen LogP contribution in [0, 0.1) is 6.92 Å². The van der Waals surface area contributed by atoms with E-state index >= 15 is 0 Å². The molecule has 2 aromatic carbocycles. The molecule has 0 N–H and O–H groups in total. The highest BCUT2D eigenvalue weighted by atomic mass is 16.5. The molecule has 0 spiro atoms. The number of aromatic nitrogens is 1. The molecule has 0 unspecified atom stereocenters. The molecule has 0 atom stereocenters. The normalized spacial score (nSPS) is 15.0. The lowest BCUT2D eigenvalue weighted by molar-refractivity contribution is -0.132. The molecule has 0 radical (unpaired) electrons. The van der Waals surface area contributed by atoms with Crippen molar-refractivity contribution in [1.82, 2.24) is 9.88 Å². The molecule has 1 saturated heterocycles. The molecule has 1 fully saturated rings. The Bertz CT molecular complexity index is 974. The van der Waals surface area contributed by atoms with Gasteiger partial charge >= 0.3 is 0 Å². The van der Waals surface area contributed by atoms with Gasteiger partial charge in [0.15, 0.2) is 0 Å². The molecule has 1 aliphatic rings. The molecule has 4 rings (SSSR count). The Kier molecular flexibility index (Phi) is 5.29. The number of piperidine rings is 1.